The van der Waals surface area contributed by atoms with Gasteiger partial charge in [-0.1, -0.05) is 32.0 Å². The van der Waals surface area contributed by atoms with Gasteiger partial charge in [0.25, 0.3) is 6.43 Å². The number of alkyl halides is 2. The largest absolute Gasteiger partial charge is 0.263 e. The lowest BCUT2D eigenvalue weighted by molar-refractivity contribution is 0.151. The summed E-state index contributed by atoms with van der Waals surface area (Å²) in [5, 5.41) is 0. The Bertz CT molecular complexity index is 290. The van der Waals surface area contributed by atoms with Gasteiger partial charge in [0.1, 0.15) is 0 Å². The van der Waals surface area contributed by atoms with E-state index in [-0.39, 0.29) is 5.56 Å². The molecule has 0 radical (unpaired) electrons. The summed E-state index contributed by atoms with van der Waals surface area (Å²) >= 11 is 0. The summed E-state index contributed by atoms with van der Waals surface area (Å²) in [6, 6.07) is 4.87. The molecule has 0 fully saturated rings. The number of halogens is 2. The highest BCUT2D eigenvalue weighted by atomic mass is 19.3. The molecule has 2 heteroatoms. The summed E-state index contributed by atoms with van der Waals surface area (Å²) in [4.78, 5) is 0. The third-order valence-electron chi connectivity index (χ3n) is 2.17. The molecular formula is C11H14F2. The summed E-state index contributed by atoms with van der Waals surface area (Å²) in [5.74, 6) is 0.395. The topological polar surface area (TPSA) is 0 Å². The van der Waals surface area contributed by atoms with Gasteiger partial charge in [-0.15, -0.1) is 0 Å². The Labute approximate surface area is 77.6 Å². The number of hydrogen-bond acceptors (Lipinski definition) is 0. The van der Waals surface area contributed by atoms with Crippen LogP contribution in [-0.2, 0) is 0 Å². The molecule has 0 N–H and O–H groups in total. The Hall–Kier alpha value is -0.920. The summed E-state index contributed by atoms with van der Waals surface area (Å²) < 4.78 is 24.6. The van der Waals surface area contributed by atoms with E-state index in [4.69, 9.17) is 0 Å². The van der Waals surface area contributed by atoms with Gasteiger partial charge in [-0.3, -0.25) is 0 Å². The molecule has 0 atom stereocenters. The lowest BCUT2D eigenvalue weighted by Crippen LogP contribution is -1.94. The van der Waals surface area contributed by atoms with E-state index in [1.165, 1.54) is 6.07 Å². The first-order chi connectivity index (χ1) is 6.02. The summed E-state index contributed by atoms with van der Waals surface area (Å²) in [6.45, 7) is 6.00. The van der Waals surface area contributed by atoms with Crippen LogP contribution < -0.4 is 0 Å². The molecule has 1 aromatic carbocycles. The lowest BCUT2D eigenvalue weighted by atomic mass is 9.96. The third-order valence-corrected chi connectivity index (χ3v) is 2.17. The average Bonchev–Trinajstić information content (AvgIpc) is 2.03. The monoisotopic (exact) mass is 184 g/mol. The lowest BCUT2D eigenvalue weighted by Gasteiger charge is -2.10. The molecule has 0 aliphatic carbocycles. The van der Waals surface area contributed by atoms with Crippen LogP contribution in [0.25, 0.3) is 0 Å². The van der Waals surface area contributed by atoms with Crippen LogP contribution in [0.5, 0.6) is 0 Å². The van der Waals surface area contributed by atoms with Gasteiger partial charge in [-0.05, 0) is 24.0 Å². The molecule has 0 heterocycles. The molecule has 0 unspecified atom stereocenters. The Kier molecular flexibility index (Phi) is 3.02. The molecule has 13 heavy (non-hydrogen) atoms. The van der Waals surface area contributed by atoms with Gasteiger partial charge >= 0.3 is 0 Å². The maximum absolute atomic E-state index is 12.3. The molecule has 0 bridgehead atoms. The van der Waals surface area contributed by atoms with E-state index < -0.39 is 6.43 Å². The van der Waals surface area contributed by atoms with Crippen LogP contribution in [0.2, 0.25) is 0 Å². The smallest absolute Gasteiger partial charge is 0.205 e. The first-order valence-corrected chi connectivity index (χ1v) is 4.41. The van der Waals surface area contributed by atoms with E-state index in [0.29, 0.717) is 5.92 Å². The van der Waals surface area contributed by atoms with Crippen molar-refractivity contribution in [1.29, 1.82) is 0 Å². The van der Waals surface area contributed by atoms with Crippen LogP contribution >= 0.6 is 0 Å². The summed E-state index contributed by atoms with van der Waals surface area (Å²) in [7, 11) is 0. The highest BCUT2D eigenvalue weighted by Crippen LogP contribution is 2.25. The number of hydrogen-bond donors (Lipinski definition) is 0. The van der Waals surface area contributed by atoms with Crippen molar-refractivity contribution >= 4 is 0 Å². The fourth-order valence-electron chi connectivity index (χ4n) is 1.48. The highest BCUT2D eigenvalue weighted by molar-refractivity contribution is 5.33. The number of aryl methyl sites for hydroxylation is 1. The molecule has 0 aromatic heterocycles. The van der Waals surface area contributed by atoms with E-state index in [9.17, 15) is 8.78 Å². The predicted octanol–water partition coefficient (Wildman–Crippen LogP) is 4.06. The van der Waals surface area contributed by atoms with Crippen molar-refractivity contribution in [2.24, 2.45) is 0 Å². The maximum atomic E-state index is 12.3. The van der Waals surface area contributed by atoms with Gasteiger partial charge in [0.2, 0.25) is 0 Å². The van der Waals surface area contributed by atoms with Crippen LogP contribution in [0, 0.1) is 6.92 Å². The van der Waals surface area contributed by atoms with Gasteiger partial charge < -0.3 is 0 Å². The number of benzene rings is 1. The fourth-order valence-corrected chi connectivity index (χ4v) is 1.48. The van der Waals surface area contributed by atoms with Crippen molar-refractivity contribution in [3.8, 4) is 0 Å². The average molecular weight is 184 g/mol. The Balaban J connectivity index is 3.06. The van der Waals surface area contributed by atoms with Crippen LogP contribution in [0.4, 0.5) is 8.78 Å². The predicted molar refractivity (Wildman–Crippen MR) is 50.2 cm³/mol. The maximum Gasteiger partial charge on any atom is 0.263 e. The van der Waals surface area contributed by atoms with Crippen LogP contribution in [-0.4, -0.2) is 0 Å². The van der Waals surface area contributed by atoms with Crippen molar-refractivity contribution in [3.63, 3.8) is 0 Å². The van der Waals surface area contributed by atoms with Crippen LogP contribution in [0.15, 0.2) is 18.2 Å². The quantitative estimate of drug-likeness (QED) is 0.650. The van der Waals surface area contributed by atoms with Gasteiger partial charge in [0, 0.05) is 5.56 Å². The second-order valence-electron chi connectivity index (χ2n) is 3.57. The SMILES string of the molecule is Cc1cc(C(F)F)ccc1C(C)C. The second-order valence-corrected chi connectivity index (χ2v) is 3.57. The second kappa shape index (κ2) is 3.86. The van der Waals surface area contributed by atoms with Crippen LogP contribution in [0.3, 0.4) is 0 Å². The molecule has 72 valence electrons. The minimum absolute atomic E-state index is 0.113. The zero-order chi connectivity index (χ0) is 10.0. The fraction of sp³-hybridized carbons (Fsp3) is 0.455. The molecule has 0 nitrogen and oxygen atoms in total. The van der Waals surface area contributed by atoms with Crippen molar-refractivity contribution in [3.05, 3.63) is 34.9 Å². The Morgan fingerprint density at radius 2 is 1.77 bits per heavy atom. The van der Waals surface area contributed by atoms with E-state index >= 15 is 0 Å². The van der Waals surface area contributed by atoms with Gasteiger partial charge in [0.05, 0.1) is 0 Å². The van der Waals surface area contributed by atoms with Crippen molar-refractivity contribution < 1.29 is 8.78 Å². The first-order valence-electron chi connectivity index (χ1n) is 4.41. The zero-order valence-electron chi connectivity index (χ0n) is 8.14. The minimum atomic E-state index is -2.36. The van der Waals surface area contributed by atoms with E-state index in [1.54, 1.807) is 12.1 Å². The Morgan fingerprint density at radius 1 is 1.15 bits per heavy atom. The molecule has 0 aliphatic heterocycles. The highest BCUT2D eigenvalue weighted by Gasteiger charge is 2.09. The molecule has 0 aliphatic rings. The molecular weight excluding hydrogens is 170 g/mol. The molecule has 1 rings (SSSR count). The van der Waals surface area contributed by atoms with Gasteiger partial charge in [-0.2, -0.15) is 0 Å². The first kappa shape index (κ1) is 10.2. The summed E-state index contributed by atoms with van der Waals surface area (Å²) in [6.07, 6.45) is -2.36. The molecule has 1 aromatic rings. The van der Waals surface area contributed by atoms with E-state index in [1.807, 2.05) is 6.92 Å². The molecule has 0 saturated carbocycles. The van der Waals surface area contributed by atoms with E-state index in [0.717, 1.165) is 11.1 Å². The third kappa shape index (κ3) is 2.27. The van der Waals surface area contributed by atoms with Crippen LogP contribution in [0.1, 0.15) is 42.9 Å². The molecule has 0 amide bonds. The normalized spacial score (nSPS) is 11.3. The standard InChI is InChI=1S/C11H14F2/c1-7(2)10-5-4-9(11(12)13)6-8(10)3/h4-7,11H,1-3H3. The van der Waals surface area contributed by atoms with E-state index in [2.05, 4.69) is 13.8 Å². The minimum Gasteiger partial charge on any atom is -0.205 e. The van der Waals surface area contributed by atoms with Crippen molar-refractivity contribution in [1.82, 2.24) is 0 Å². The summed E-state index contributed by atoms with van der Waals surface area (Å²) in [5.41, 5.74) is 2.21. The zero-order valence-corrected chi connectivity index (χ0v) is 8.14. The number of rotatable bonds is 2. The van der Waals surface area contributed by atoms with Crippen molar-refractivity contribution in [2.75, 3.05) is 0 Å². The Morgan fingerprint density at radius 3 is 2.15 bits per heavy atom. The molecule has 0 saturated heterocycles. The van der Waals surface area contributed by atoms with Crippen molar-refractivity contribution in [2.45, 2.75) is 33.1 Å². The molecule has 0 spiro atoms. The van der Waals surface area contributed by atoms with Gasteiger partial charge in [0.15, 0.2) is 0 Å². The van der Waals surface area contributed by atoms with Gasteiger partial charge in [-0.25, -0.2) is 8.78 Å².